The summed E-state index contributed by atoms with van der Waals surface area (Å²) >= 11 is 0. The van der Waals surface area contributed by atoms with Crippen LogP contribution in [0.2, 0.25) is 0 Å². The molecule has 7 nitrogen and oxygen atoms in total. The minimum atomic E-state index is -0.510. The van der Waals surface area contributed by atoms with E-state index in [1.807, 2.05) is 18.2 Å². The summed E-state index contributed by atoms with van der Waals surface area (Å²) < 4.78 is 0. The lowest BCUT2D eigenvalue weighted by molar-refractivity contribution is -0.384. The lowest BCUT2D eigenvalue weighted by atomic mass is 10.3. The third-order valence-corrected chi connectivity index (χ3v) is 2.22. The molecule has 0 aliphatic carbocycles. The van der Waals surface area contributed by atoms with Crippen molar-refractivity contribution < 1.29 is 4.92 Å². The minimum absolute atomic E-state index is 0.0916. The van der Waals surface area contributed by atoms with Gasteiger partial charge in [-0.25, -0.2) is 4.98 Å². The zero-order valence-electron chi connectivity index (χ0n) is 9.41. The minimum Gasteiger partial charge on any atom is -0.383 e. The van der Waals surface area contributed by atoms with Crippen LogP contribution in [0.5, 0.6) is 0 Å². The molecule has 0 aliphatic heterocycles. The van der Waals surface area contributed by atoms with Crippen LogP contribution in [0.1, 0.15) is 5.69 Å². The van der Waals surface area contributed by atoms with Crippen molar-refractivity contribution in [1.82, 2.24) is 9.97 Å². The number of hydrogen-bond donors (Lipinski definition) is 2. The maximum Gasteiger partial charge on any atom is 0.276 e. The SMILES string of the molecule is Nc1cc([N+](=O)[O-])cc(NCc2ccccn2)n1. The van der Waals surface area contributed by atoms with Crippen molar-refractivity contribution in [3.8, 4) is 0 Å². The molecule has 92 valence electrons. The second kappa shape index (κ2) is 5.09. The highest BCUT2D eigenvalue weighted by molar-refractivity contribution is 5.52. The molecule has 0 saturated heterocycles. The Kier molecular flexibility index (Phi) is 3.33. The predicted molar refractivity (Wildman–Crippen MR) is 66.9 cm³/mol. The first-order valence-electron chi connectivity index (χ1n) is 5.21. The van der Waals surface area contributed by atoms with E-state index in [2.05, 4.69) is 15.3 Å². The van der Waals surface area contributed by atoms with Crippen molar-refractivity contribution in [3.63, 3.8) is 0 Å². The van der Waals surface area contributed by atoms with E-state index < -0.39 is 4.92 Å². The summed E-state index contributed by atoms with van der Waals surface area (Å²) in [6, 6.07) is 8.06. The van der Waals surface area contributed by atoms with E-state index in [4.69, 9.17) is 5.73 Å². The van der Waals surface area contributed by atoms with E-state index in [1.165, 1.54) is 12.1 Å². The first-order chi connectivity index (χ1) is 8.65. The Balaban J connectivity index is 2.12. The van der Waals surface area contributed by atoms with E-state index >= 15 is 0 Å². The average Bonchev–Trinajstić information content (AvgIpc) is 2.37. The molecule has 0 fully saturated rings. The molecule has 0 aliphatic rings. The standard InChI is InChI=1S/C11H11N5O2/c12-10-5-9(16(17)18)6-11(15-10)14-7-8-3-1-2-4-13-8/h1-6H,7H2,(H3,12,14,15). The number of nitrogens with two attached hydrogens (primary N) is 1. The Hall–Kier alpha value is -2.70. The molecule has 2 heterocycles. The highest BCUT2D eigenvalue weighted by atomic mass is 16.6. The Morgan fingerprint density at radius 1 is 1.39 bits per heavy atom. The Labute approximate surface area is 103 Å². The van der Waals surface area contributed by atoms with Gasteiger partial charge >= 0.3 is 0 Å². The van der Waals surface area contributed by atoms with Gasteiger partial charge in [-0.05, 0) is 12.1 Å². The lowest BCUT2D eigenvalue weighted by Gasteiger charge is -2.05. The summed E-state index contributed by atoms with van der Waals surface area (Å²) in [4.78, 5) is 18.2. The van der Waals surface area contributed by atoms with E-state index in [1.54, 1.807) is 6.20 Å². The van der Waals surface area contributed by atoms with Crippen LogP contribution < -0.4 is 11.1 Å². The smallest absolute Gasteiger partial charge is 0.276 e. The topological polar surface area (TPSA) is 107 Å². The van der Waals surface area contributed by atoms with Crippen LogP contribution in [0.4, 0.5) is 17.3 Å². The zero-order valence-corrected chi connectivity index (χ0v) is 9.41. The van der Waals surface area contributed by atoms with E-state index in [0.717, 1.165) is 5.69 Å². The molecular formula is C11H11N5O2. The van der Waals surface area contributed by atoms with Crippen molar-refractivity contribution in [2.45, 2.75) is 6.54 Å². The van der Waals surface area contributed by atoms with Crippen LogP contribution in [0.25, 0.3) is 0 Å². The van der Waals surface area contributed by atoms with Gasteiger partial charge in [0.25, 0.3) is 5.69 Å². The van der Waals surface area contributed by atoms with Gasteiger partial charge in [-0.2, -0.15) is 0 Å². The van der Waals surface area contributed by atoms with Crippen LogP contribution in [0.3, 0.4) is 0 Å². The van der Waals surface area contributed by atoms with E-state index in [-0.39, 0.29) is 11.5 Å². The average molecular weight is 245 g/mol. The van der Waals surface area contributed by atoms with Crippen LogP contribution in [0.15, 0.2) is 36.5 Å². The molecule has 0 amide bonds. The van der Waals surface area contributed by atoms with Crippen molar-refractivity contribution in [2.75, 3.05) is 11.1 Å². The normalized spacial score (nSPS) is 10.0. The number of anilines is 2. The molecule has 18 heavy (non-hydrogen) atoms. The Morgan fingerprint density at radius 2 is 2.22 bits per heavy atom. The molecule has 2 aromatic rings. The summed E-state index contributed by atoms with van der Waals surface area (Å²) in [6.45, 7) is 0.425. The summed E-state index contributed by atoms with van der Waals surface area (Å²) in [6.07, 6.45) is 1.67. The van der Waals surface area contributed by atoms with Gasteiger partial charge < -0.3 is 11.1 Å². The van der Waals surface area contributed by atoms with Gasteiger partial charge in [0.05, 0.1) is 29.3 Å². The quantitative estimate of drug-likeness (QED) is 0.625. The third kappa shape index (κ3) is 2.91. The molecular weight excluding hydrogens is 234 g/mol. The first kappa shape index (κ1) is 11.8. The molecule has 0 radical (unpaired) electrons. The molecule has 0 aromatic carbocycles. The highest BCUT2D eigenvalue weighted by Gasteiger charge is 2.09. The number of nitrogen functional groups attached to an aromatic ring is 1. The van der Waals surface area contributed by atoms with Crippen molar-refractivity contribution in [2.24, 2.45) is 0 Å². The second-order valence-electron chi connectivity index (χ2n) is 3.57. The van der Waals surface area contributed by atoms with Crippen LogP contribution in [-0.4, -0.2) is 14.9 Å². The number of pyridine rings is 2. The molecule has 7 heteroatoms. The molecule has 2 aromatic heterocycles. The predicted octanol–water partition coefficient (Wildman–Crippen LogP) is 1.58. The molecule has 0 atom stereocenters. The second-order valence-corrected chi connectivity index (χ2v) is 3.57. The summed E-state index contributed by atoms with van der Waals surface area (Å²) in [7, 11) is 0. The number of hydrogen-bond acceptors (Lipinski definition) is 6. The fourth-order valence-electron chi connectivity index (χ4n) is 1.42. The van der Waals surface area contributed by atoms with Gasteiger partial charge in [-0.3, -0.25) is 15.1 Å². The van der Waals surface area contributed by atoms with Crippen LogP contribution in [-0.2, 0) is 6.54 Å². The van der Waals surface area contributed by atoms with Crippen molar-refractivity contribution in [1.29, 1.82) is 0 Å². The van der Waals surface area contributed by atoms with E-state index in [0.29, 0.717) is 12.4 Å². The summed E-state index contributed by atoms with van der Waals surface area (Å²) in [5, 5.41) is 13.6. The largest absolute Gasteiger partial charge is 0.383 e. The summed E-state index contributed by atoms with van der Waals surface area (Å²) in [5.74, 6) is 0.458. The molecule has 3 N–H and O–H groups in total. The van der Waals surface area contributed by atoms with Crippen molar-refractivity contribution >= 4 is 17.3 Å². The zero-order chi connectivity index (χ0) is 13.0. The monoisotopic (exact) mass is 245 g/mol. The molecule has 0 saturated carbocycles. The fraction of sp³-hybridized carbons (Fsp3) is 0.0909. The first-order valence-corrected chi connectivity index (χ1v) is 5.21. The van der Waals surface area contributed by atoms with Gasteiger partial charge in [-0.1, -0.05) is 6.07 Å². The summed E-state index contributed by atoms with van der Waals surface area (Å²) in [5.41, 5.74) is 6.21. The highest BCUT2D eigenvalue weighted by Crippen LogP contribution is 2.18. The van der Waals surface area contributed by atoms with Gasteiger partial charge in [0.2, 0.25) is 0 Å². The molecule has 2 rings (SSSR count). The Bertz CT molecular complexity index is 559. The van der Waals surface area contributed by atoms with Gasteiger partial charge in [0, 0.05) is 6.20 Å². The number of nitrogens with one attached hydrogen (secondary N) is 1. The van der Waals surface area contributed by atoms with E-state index in [9.17, 15) is 10.1 Å². The maximum absolute atomic E-state index is 10.7. The van der Waals surface area contributed by atoms with Gasteiger partial charge in [0.15, 0.2) is 0 Å². The van der Waals surface area contributed by atoms with Gasteiger partial charge in [0.1, 0.15) is 11.6 Å². The molecule has 0 spiro atoms. The number of nitro groups is 1. The van der Waals surface area contributed by atoms with Gasteiger partial charge in [-0.15, -0.1) is 0 Å². The lowest BCUT2D eigenvalue weighted by Crippen LogP contribution is -2.05. The number of nitrogens with zero attached hydrogens (tertiary/aromatic N) is 3. The maximum atomic E-state index is 10.7. The van der Waals surface area contributed by atoms with Crippen LogP contribution >= 0.6 is 0 Å². The molecule has 0 bridgehead atoms. The fourth-order valence-corrected chi connectivity index (χ4v) is 1.42. The van der Waals surface area contributed by atoms with Crippen molar-refractivity contribution in [3.05, 3.63) is 52.3 Å². The number of aromatic nitrogens is 2. The third-order valence-electron chi connectivity index (χ3n) is 2.22. The number of rotatable bonds is 4. The van der Waals surface area contributed by atoms with Crippen LogP contribution in [0, 0.1) is 10.1 Å². The Morgan fingerprint density at radius 3 is 2.89 bits per heavy atom. The molecule has 0 unspecified atom stereocenters.